The Morgan fingerprint density at radius 2 is 1.75 bits per heavy atom. The van der Waals surface area contributed by atoms with E-state index in [0.717, 1.165) is 26.8 Å². The SMILES string of the molecule is Cc1ccc(C(Oc2cc(C)c(Cl)c(C)c2)C(C)N)s1. The molecule has 1 heterocycles. The molecule has 4 heteroatoms. The summed E-state index contributed by atoms with van der Waals surface area (Å²) in [6.45, 7) is 8.02. The van der Waals surface area contributed by atoms with Gasteiger partial charge in [-0.1, -0.05) is 11.6 Å². The second kappa shape index (κ2) is 6.17. The Bertz CT molecular complexity index is 583. The van der Waals surface area contributed by atoms with Gasteiger partial charge in [-0.05, 0) is 63.1 Å². The van der Waals surface area contributed by atoms with Gasteiger partial charge in [-0.15, -0.1) is 11.3 Å². The predicted molar refractivity (Wildman–Crippen MR) is 87.0 cm³/mol. The van der Waals surface area contributed by atoms with Crippen molar-refractivity contribution in [3.05, 3.63) is 50.2 Å². The first-order valence-electron chi connectivity index (χ1n) is 6.64. The number of aryl methyl sites for hydroxylation is 3. The molecule has 0 bridgehead atoms. The van der Waals surface area contributed by atoms with Gasteiger partial charge in [0.15, 0.2) is 0 Å². The maximum atomic E-state index is 6.19. The van der Waals surface area contributed by atoms with Crippen LogP contribution >= 0.6 is 22.9 Å². The van der Waals surface area contributed by atoms with Crippen molar-refractivity contribution < 1.29 is 4.74 Å². The Labute approximate surface area is 129 Å². The van der Waals surface area contributed by atoms with Crippen LogP contribution in [0.15, 0.2) is 24.3 Å². The third kappa shape index (κ3) is 3.35. The van der Waals surface area contributed by atoms with Crippen LogP contribution in [-0.2, 0) is 0 Å². The fourth-order valence-corrected chi connectivity index (χ4v) is 3.28. The largest absolute Gasteiger partial charge is 0.483 e. The number of nitrogens with two attached hydrogens (primary N) is 1. The van der Waals surface area contributed by atoms with E-state index in [4.69, 9.17) is 22.1 Å². The third-order valence-corrected chi connectivity index (χ3v) is 4.85. The molecular formula is C16H20ClNOS. The summed E-state index contributed by atoms with van der Waals surface area (Å²) in [5.74, 6) is 0.817. The molecule has 2 nitrogen and oxygen atoms in total. The van der Waals surface area contributed by atoms with E-state index in [1.807, 2.05) is 32.9 Å². The molecule has 0 radical (unpaired) electrons. The summed E-state index contributed by atoms with van der Waals surface area (Å²) in [4.78, 5) is 2.42. The number of rotatable bonds is 4. The van der Waals surface area contributed by atoms with Gasteiger partial charge in [0.1, 0.15) is 11.9 Å². The molecule has 0 fully saturated rings. The fraction of sp³-hybridized carbons (Fsp3) is 0.375. The molecule has 0 saturated carbocycles. The Morgan fingerprint density at radius 1 is 1.15 bits per heavy atom. The summed E-state index contributed by atoms with van der Waals surface area (Å²) in [5.41, 5.74) is 8.13. The topological polar surface area (TPSA) is 35.2 Å². The van der Waals surface area contributed by atoms with Crippen molar-refractivity contribution >= 4 is 22.9 Å². The van der Waals surface area contributed by atoms with Gasteiger partial charge >= 0.3 is 0 Å². The van der Waals surface area contributed by atoms with Crippen molar-refractivity contribution in [2.24, 2.45) is 5.73 Å². The fourth-order valence-electron chi connectivity index (χ4n) is 2.15. The highest BCUT2D eigenvalue weighted by Crippen LogP contribution is 2.32. The summed E-state index contributed by atoms with van der Waals surface area (Å²) in [5, 5.41) is 0.793. The van der Waals surface area contributed by atoms with E-state index in [2.05, 4.69) is 19.1 Å². The van der Waals surface area contributed by atoms with Crippen LogP contribution in [0.2, 0.25) is 5.02 Å². The Hall–Kier alpha value is -1.03. The lowest BCUT2D eigenvalue weighted by Gasteiger charge is -2.22. The Balaban J connectivity index is 2.29. The molecule has 2 rings (SSSR count). The number of ether oxygens (including phenoxy) is 1. The van der Waals surface area contributed by atoms with Gasteiger partial charge in [0.2, 0.25) is 0 Å². The van der Waals surface area contributed by atoms with E-state index in [1.165, 1.54) is 4.88 Å². The van der Waals surface area contributed by atoms with Crippen molar-refractivity contribution in [3.8, 4) is 5.75 Å². The average molecular weight is 310 g/mol. The number of thiophene rings is 1. The highest BCUT2D eigenvalue weighted by atomic mass is 35.5. The van der Waals surface area contributed by atoms with E-state index in [1.54, 1.807) is 11.3 Å². The number of halogens is 1. The maximum absolute atomic E-state index is 6.19. The van der Waals surface area contributed by atoms with Crippen LogP contribution in [0.3, 0.4) is 0 Å². The molecule has 0 aliphatic carbocycles. The molecule has 0 aliphatic rings. The van der Waals surface area contributed by atoms with Crippen molar-refractivity contribution in [1.82, 2.24) is 0 Å². The zero-order valence-electron chi connectivity index (χ0n) is 12.2. The molecule has 0 saturated heterocycles. The molecule has 20 heavy (non-hydrogen) atoms. The summed E-state index contributed by atoms with van der Waals surface area (Å²) < 4.78 is 6.12. The predicted octanol–water partition coefficient (Wildman–Crippen LogP) is 4.79. The van der Waals surface area contributed by atoms with E-state index in [-0.39, 0.29) is 12.1 Å². The van der Waals surface area contributed by atoms with Gasteiger partial charge < -0.3 is 10.5 Å². The summed E-state index contributed by atoms with van der Waals surface area (Å²) >= 11 is 7.91. The van der Waals surface area contributed by atoms with Gasteiger partial charge in [-0.2, -0.15) is 0 Å². The van der Waals surface area contributed by atoms with Crippen LogP contribution in [0.5, 0.6) is 5.75 Å². The molecule has 2 atom stereocenters. The summed E-state index contributed by atoms with van der Waals surface area (Å²) in [7, 11) is 0. The first kappa shape index (κ1) is 15.4. The van der Waals surface area contributed by atoms with Crippen LogP contribution < -0.4 is 10.5 Å². The molecular weight excluding hydrogens is 290 g/mol. The molecule has 0 aliphatic heterocycles. The van der Waals surface area contributed by atoms with Crippen LogP contribution in [0, 0.1) is 20.8 Å². The highest BCUT2D eigenvalue weighted by molar-refractivity contribution is 7.12. The summed E-state index contributed by atoms with van der Waals surface area (Å²) in [6.07, 6.45) is -0.131. The van der Waals surface area contributed by atoms with Crippen molar-refractivity contribution in [1.29, 1.82) is 0 Å². The van der Waals surface area contributed by atoms with Crippen LogP contribution in [0.1, 0.15) is 33.9 Å². The molecule has 0 spiro atoms. The molecule has 2 N–H and O–H groups in total. The zero-order valence-corrected chi connectivity index (χ0v) is 13.8. The van der Waals surface area contributed by atoms with Gasteiger partial charge in [0.25, 0.3) is 0 Å². The molecule has 2 unspecified atom stereocenters. The lowest BCUT2D eigenvalue weighted by atomic mass is 10.1. The van der Waals surface area contributed by atoms with E-state index < -0.39 is 0 Å². The van der Waals surface area contributed by atoms with Crippen LogP contribution in [0.4, 0.5) is 0 Å². The molecule has 108 valence electrons. The maximum Gasteiger partial charge on any atom is 0.148 e. The van der Waals surface area contributed by atoms with Crippen molar-refractivity contribution in [3.63, 3.8) is 0 Å². The minimum absolute atomic E-state index is 0.0793. The van der Waals surface area contributed by atoms with E-state index in [0.29, 0.717) is 0 Å². The second-order valence-electron chi connectivity index (χ2n) is 5.22. The zero-order chi connectivity index (χ0) is 14.9. The molecule has 2 aromatic rings. The quantitative estimate of drug-likeness (QED) is 0.881. The molecule has 0 amide bonds. The van der Waals surface area contributed by atoms with Crippen molar-refractivity contribution in [2.45, 2.75) is 39.8 Å². The summed E-state index contributed by atoms with van der Waals surface area (Å²) in [6, 6.07) is 8.03. The van der Waals surface area contributed by atoms with Crippen LogP contribution in [0.25, 0.3) is 0 Å². The van der Waals surface area contributed by atoms with Crippen LogP contribution in [-0.4, -0.2) is 6.04 Å². The standard InChI is InChI=1S/C16H20ClNOS/c1-9-7-13(8-10(2)15(9)17)19-16(12(4)18)14-6-5-11(3)20-14/h5-8,12,16H,18H2,1-4H3. The Kier molecular flexibility index (Phi) is 4.74. The average Bonchev–Trinajstić information content (AvgIpc) is 2.79. The smallest absolute Gasteiger partial charge is 0.148 e. The minimum Gasteiger partial charge on any atom is -0.483 e. The number of benzene rings is 1. The number of hydrogen-bond donors (Lipinski definition) is 1. The first-order chi connectivity index (χ1) is 9.38. The van der Waals surface area contributed by atoms with Gasteiger partial charge in [-0.3, -0.25) is 0 Å². The van der Waals surface area contributed by atoms with E-state index in [9.17, 15) is 0 Å². The number of hydrogen-bond acceptors (Lipinski definition) is 3. The first-order valence-corrected chi connectivity index (χ1v) is 7.83. The van der Waals surface area contributed by atoms with Gasteiger partial charge in [0.05, 0.1) is 0 Å². The third-order valence-electron chi connectivity index (χ3n) is 3.19. The normalized spacial score (nSPS) is 14.1. The lowest BCUT2D eigenvalue weighted by molar-refractivity contribution is 0.184. The van der Waals surface area contributed by atoms with Gasteiger partial charge in [-0.25, -0.2) is 0 Å². The lowest BCUT2D eigenvalue weighted by Crippen LogP contribution is -2.28. The van der Waals surface area contributed by atoms with Gasteiger partial charge in [0, 0.05) is 20.8 Å². The second-order valence-corrected chi connectivity index (χ2v) is 6.91. The molecule has 1 aromatic carbocycles. The van der Waals surface area contributed by atoms with E-state index >= 15 is 0 Å². The Morgan fingerprint density at radius 3 is 2.20 bits per heavy atom. The van der Waals surface area contributed by atoms with Crippen molar-refractivity contribution in [2.75, 3.05) is 0 Å². The highest BCUT2D eigenvalue weighted by Gasteiger charge is 2.20. The molecule has 1 aromatic heterocycles. The minimum atomic E-state index is -0.131. The monoisotopic (exact) mass is 309 g/mol.